The zero-order valence-electron chi connectivity index (χ0n) is 15.5. The summed E-state index contributed by atoms with van der Waals surface area (Å²) >= 11 is 0. The number of aliphatic carboxylic acids is 1. The van der Waals surface area contributed by atoms with Crippen molar-refractivity contribution in [1.29, 1.82) is 0 Å². The minimum atomic E-state index is -1.00. The smallest absolute Gasteiger partial charge is 0.316 e. The third-order valence-electron chi connectivity index (χ3n) is 3.97. The summed E-state index contributed by atoms with van der Waals surface area (Å²) in [5.74, 6) is -1.51. The number of anilines is 1. The highest BCUT2D eigenvalue weighted by Crippen LogP contribution is 2.16. The Hall–Kier alpha value is -3.55. The number of nitrogens with two attached hydrogens (primary N) is 1. The molecule has 0 spiro atoms. The first-order chi connectivity index (χ1) is 13.4. The highest BCUT2D eigenvalue weighted by molar-refractivity contribution is 5.96. The van der Waals surface area contributed by atoms with Gasteiger partial charge in [0.05, 0.1) is 12.5 Å². The molecule has 8 heteroatoms. The fraction of sp³-hybridized carbons (Fsp3) is 0.250. The molecular weight excluding hydrogens is 362 g/mol. The maximum absolute atomic E-state index is 12.3. The van der Waals surface area contributed by atoms with Crippen LogP contribution in [0.25, 0.3) is 0 Å². The normalized spacial score (nSPS) is 11.3. The number of primary amides is 1. The van der Waals surface area contributed by atoms with E-state index in [-0.39, 0.29) is 18.5 Å². The van der Waals surface area contributed by atoms with Gasteiger partial charge < -0.3 is 26.2 Å². The zero-order chi connectivity index (χ0) is 20.5. The van der Waals surface area contributed by atoms with Crippen molar-refractivity contribution in [2.75, 3.05) is 18.5 Å². The van der Waals surface area contributed by atoms with Crippen molar-refractivity contribution < 1.29 is 24.2 Å². The van der Waals surface area contributed by atoms with E-state index in [1.807, 2.05) is 19.1 Å². The Morgan fingerprint density at radius 2 is 1.86 bits per heavy atom. The van der Waals surface area contributed by atoms with Crippen LogP contribution in [0, 0.1) is 5.92 Å². The fourth-order valence-electron chi connectivity index (χ4n) is 2.62. The van der Waals surface area contributed by atoms with Gasteiger partial charge in [0.25, 0.3) is 5.91 Å². The number of rotatable bonds is 9. The van der Waals surface area contributed by atoms with Crippen LogP contribution < -0.4 is 21.1 Å². The second-order valence-electron chi connectivity index (χ2n) is 6.10. The summed E-state index contributed by atoms with van der Waals surface area (Å²) in [6.45, 7) is 2.41. The molecule has 0 radical (unpaired) electrons. The van der Waals surface area contributed by atoms with Gasteiger partial charge in [-0.25, -0.2) is 4.79 Å². The van der Waals surface area contributed by atoms with Gasteiger partial charge in [-0.1, -0.05) is 18.2 Å². The first-order valence-electron chi connectivity index (χ1n) is 8.78. The SMILES string of the molecule is CCOc1ccc(CC(CNC(=O)c2cccc(NC(N)=O)c2)C(=O)O)cc1. The summed E-state index contributed by atoms with van der Waals surface area (Å²) in [6, 6.07) is 12.7. The first kappa shape index (κ1) is 20.8. The van der Waals surface area contributed by atoms with Gasteiger partial charge in [0.2, 0.25) is 0 Å². The number of ether oxygens (including phenoxy) is 1. The number of carbonyl (C=O) groups excluding carboxylic acids is 2. The van der Waals surface area contributed by atoms with Crippen LogP contribution in [0.3, 0.4) is 0 Å². The molecule has 2 aromatic carbocycles. The van der Waals surface area contributed by atoms with Gasteiger partial charge >= 0.3 is 12.0 Å². The molecule has 148 valence electrons. The molecule has 0 aliphatic rings. The van der Waals surface area contributed by atoms with Gasteiger partial charge in [0.1, 0.15) is 5.75 Å². The number of benzene rings is 2. The Labute approximate surface area is 162 Å². The lowest BCUT2D eigenvalue weighted by Crippen LogP contribution is -2.34. The van der Waals surface area contributed by atoms with Gasteiger partial charge in [0, 0.05) is 17.8 Å². The third kappa shape index (κ3) is 6.31. The number of amides is 3. The van der Waals surface area contributed by atoms with Crippen molar-refractivity contribution in [2.45, 2.75) is 13.3 Å². The topological polar surface area (TPSA) is 131 Å². The van der Waals surface area contributed by atoms with Crippen LogP contribution in [-0.4, -0.2) is 36.2 Å². The van der Waals surface area contributed by atoms with Crippen LogP contribution >= 0.6 is 0 Å². The molecule has 0 heterocycles. The second kappa shape index (κ2) is 9.96. The summed E-state index contributed by atoms with van der Waals surface area (Å²) in [7, 11) is 0. The molecule has 0 aliphatic carbocycles. The Kier molecular flexibility index (Phi) is 7.38. The monoisotopic (exact) mass is 385 g/mol. The van der Waals surface area contributed by atoms with E-state index in [9.17, 15) is 19.5 Å². The number of carboxylic acid groups (broad SMARTS) is 1. The number of carbonyl (C=O) groups is 3. The maximum atomic E-state index is 12.3. The predicted octanol–water partition coefficient (Wildman–Crippen LogP) is 2.25. The van der Waals surface area contributed by atoms with Crippen molar-refractivity contribution >= 4 is 23.6 Å². The van der Waals surface area contributed by atoms with Crippen LogP contribution in [0.2, 0.25) is 0 Å². The molecule has 1 unspecified atom stereocenters. The van der Waals surface area contributed by atoms with Crippen molar-refractivity contribution in [2.24, 2.45) is 11.7 Å². The first-order valence-corrected chi connectivity index (χ1v) is 8.78. The highest BCUT2D eigenvalue weighted by Gasteiger charge is 2.19. The Morgan fingerprint density at radius 1 is 1.14 bits per heavy atom. The third-order valence-corrected chi connectivity index (χ3v) is 3.97. The number of nitrogens with one attached hydrogen (secondary N) is 2. The Morgan fingerprint density at radius 3 is 2.46 bits per heavy atom. The van der Waals surface area contributed by atoms with Crippen LogP contribution in [0.1, 0.15) is 22.8 Å². The van der Waals surface area contributed by atoms with E-state index in [0.717, 1.165) is 11.3 Å². The average molecular weight is 385 g/mol. The quantitative estimate of drug-likeness (QED) is 0.526. The summed E-state index contributed by atoms with van der Waals surface area (Å²) in [5, 5.41) is 14.5. The summed E-state index contributed by atoms with van der Waals surface area (Å²) in [5.41, 5.74) is 6.56. The lowest BCUT2D eigenvalue weighted by molar-refractivity contribution is -0.141. The van der Waals surface area contributed by atoms with E-state index in [1.165, 1.54) is 6.07 Å². The van der Waals surface area contributed by atoms with Gasteiger partial charge in [-0.2, -0.15) is 0 Å². The van der Waals surface area contributed by atoms with Gasteiger partial charge in [0.15, 0.2) is 0 Å². The minimum Gasteiger partial charge on any atom is -0.494 e. The lowest BCUT2D eigenvalue weighted by atomic mass is 9.99. The molecule has 2 rings (SSSR count). The lowest BCUT2D eigenvalue weighted by Gasteiger charge is -2.14. The fourth-order valence-corrected chi connectivity index (χ4v) is 2.62. The number of urea groups is 1. The van der Waals surface area contributed by atoms with Crippen molar-refractivity contribution in [3.8, 4) is 5.75 Å². The van der Waals surface area contributed by atoms with Gasteiger partial charge in [-0.3, -0.25) is 9.59 Å². The molecule has 3 amide bonds. The maximum Gasteiger partial charge on any atom is 0.316 e. The molecule has 1 atom stereocenters. The average Bonchev–Trinajstić information content (AvgIpc) is 2.66. The molecule has 8 nitrogen and oxygen atoms in total. The van der Waals surface area contributed by atoms with E-state index >= 15 is 0 Å². The molecule has 2 aromatic rings. The molecular formula is C20H23N3O5. The molecule has 28 heavy (non-hydrogen) atoms. The van der Waals surface area contributed by atoms with Gasteiger partial charge in [-0.15, -0.1) is 0 Å². The molecule has 0 saturated heterocycles. The second-order valence-corrected chi connectivity index (χ2v) is 6.10. The van der Waals surface area contributed by atoms with E-state index in [0.29, 0.717) is 12.3 Å². The standard InChI is InChI=1S/C20H23N3O5/c1-2-28-17-8-6-13(7-9-17)10-15(19(25)26)12-22-18(24)14-4-3-5-16(11-14)23-20(21)27/h3-9,11,15H,2,10,12H2,1H3,(H,22,24)(H,25,26)(H3,21,23,27). The minimum absolute atomic E-state index is 0.0329. The molecule has 0 bridgehead atoms. The molecule has 0 saturated carbocycles. The van der Waals surface area contributed by atoms with Crippen LogP contribution in [0.15, 0.2) is 48.5 Å². The molecule has 0 aliphatic heterocycles. The molecule has 0 fully saturated rings. The highest BCUT2D eigenvalue weighted by atomic mass is 16.5. The Balaban J connectivity index is 1.98. The van der Waals surface area contributed by atoms with Gasteiger partial charge in [-0.05, 0) is 49.2 Å². The van der Waals surface area contributed by atoms with Crippen LogP contribution in [-0.2, 0) is 11.2 Å². The van der Waals surface area contributed by atoms with E-state index in [4.69, 9.17) is 10.5 Å². The molecule has 0 aromatic heterocycles. The molecule has 5 N–H and O–H groups in total. The van der Waals surface area contributed by atoms with Crippen molar-refractivity contribution in [3.05, 3.63) is 59.7 Å². The van der Waals surface area contributed by atoms with E-state index in [1.54, 1.807) is 30.3 Å². The Bertz CT molecular complexity index is 836. The van der Waals surface area contributed by atoms with Crippen LogP contribution in [0.5, 0.6) is 5.75 Å². The van der Waals surface area contributed by atoms with E-state index in [2.05, 4.69) is 10.6 Å². The van der Waals surface area contributed by atoms with E-state index < -0.39 is 23.8 Å². The predicted molar refractivity (Wildman–Crippen MR) is 104 cm³/mol. The zero-order valence-corrected chi connectivity index (χ0v) is 15.5. The number of hydrogen-bond donors (Lipinski definition) is 4. The van der Waals surface area contributed by atoms with Crippen molar-refractivity contribution in [3.63, 3.8) is 0 Å². The largest absolute Gasteiger partial charge is 0.494 e. The number of carboxylic acids is 1. The summed E-state index contributed by atoms with van der Waals surface area (Å²) in [6.07, 6.45) is 0.269. The van der Waals surface area contributed by atoms with Crippen LogP contribution in [0.4, 0.5) is 10.5 Å². The summed E-state index contributed by atoms with van der Waals surface area (Å²) < 4.78 is 5.37. The summed E-state index contributed by atoms with van der Waals surface area (Å²) in [4.78, 5) is 34.8. The van der Waals surface area contributed by atoms with Crippen molar-refractivity contribution in [1.82, 2.24) is 5.32 Å². The number of hydrogen-bond acceptors (Lipinski definition) is 4.